The summed E-state index contributed by atoms with van der Waals surface area (Å²) in [6.07, 6.45) is 1.95. The predicted molar refractivity (Wildman–Crippen MR) is 95.5 cm³/mol. The molecule has 1 aromatic heterocycles. The summed E-state index contributed by atoms with van der Waals surface area (Å²) < 4.78 is 5.10. The van der Waals surface area contributed by atoms with E-state index in [-0.39, 0.29) is 12.3 Å². The molecular formula is C19H19N3O2. The first kappa shape index (κ1) is 15.8. The predicted octanol–water partition coefficient (Wildman–Crippen LogP) is 3.18. The van der Waals surface area contributed by atoms with E-state index in [1.54, 1.807) is 13.3 Å². The third kappa shape index (κ3) is 3.46. The lowest BCUT2D eigenvalue weighted by atomic mass is 10.1. The molecule has 0 unspecified atom stereocenters. The fourth-order valence-electron chi connectivity index (χ4n) is 2.60. The van der Waals surface area contributed by atoms with Crippen LogP contribution in [0.4, 0.5) is 0 Å². The molecule has 5 nitrogen and oxygen atoms in total. The number of aryl methyl sites for hydroxylation is 1. The van der Waals surface area contributed by atoms with Crippen LogP contribution in [0.15, 0.2) is 53.6 Å². The number of hydrogen-bond donors (Lipinski definition) is 2. The van der Waals surface area contributed by atoms with E-state index in [4.69, 9.17) is 4.74 Å². The fraction of sp³-hybridized carbons (Fsp3) is 0.158. The Hall–Kier alpha value is -3.08. The van der Waals surface area contributed by atoms with Gasteiger partial charge in [-0.15, -0.1) is 0 Å². The molecule has 2 aromatic carbocycles. The average molecular weight is 321 g/mol. The molecule has 1 amide bonds. The minimum Gasteiger partial charge on any atom is -0.497 e. The summed E-state index contributed by atoms with van der Waals surface area (Å²) in [6.45, 7) is 1.99. The zero-order valence-electron chi connectivity index (χ0n) is 13.7. The topological polar surface area (TPSA) is 66.5 Å². The Balaban J connectivity index is 1.64. The summed E-state index contributed by atoms with van der Waals surface area (Å²) in [5.74, 6) is 0.612. The third-order valence-electron chi connectivity index (χ3n) is 3.85. The second-order valence-corrected chi connectivity index (χ2v) is 5.53. The van der Waals surface area contributed by atoms with Gasteiger partial charge < -0.3 is 9.72 Å². The van der Waals surface area contributed by atoms with E-state index < -0.39 is 0 Å². The van der Waals surface area contributed by atoms with E-state index in [2.05, 4.69) is 15.5 Å². The van der Waals surface area contributed by atoms with E-state index in [9.17, 15) is 4.79 Å². The van der Waals surface area contributed by atoms with Crippen molar-refractivity contribution in [3.05, 3.63) is 65.4 Å². The zero-order chi connectivity index (χ0) is 16.9. The van der Waals surface area contributed by atoms with Crippen LogP contribution in [0.3, 0.4) is 0 Å². The highest BCUT2D eigenvalue weighted by Gasteiger charge is 2.06. The molecule has 0 saturated heterocycles. The maximum atomic E-state index is 12.0. The Kier molecular flexibility index (Phi) is 4.61. The van der Waals surface area contributed by atoms with Gasteiger partial charge in [-0.25, -0.2) is 5.43 Å². The molecule has 24 heavy (non-hydrogen) atoms. The van der Waals surface area contributed by atoms with Crippen LogP contribution in [0.2, 0.25) is 0 Å². The number of aromatic nitrogens is 1. The van der Waals surface area contributed by atoms with E-state index in [1.165, 1.54) is 0 Å². The number of hydrazone groups is 1. The molecule has 2 N–H and O–H groups in total. The zero-order valence-corrected chi connectivity index (χ0v) is 13.7. The Morgan fingerprint density at radius 3 is 2.71 bits per heavy atom. The van der Waals surface area contributed by atoms with Gasteiger partial charge >= 0.3 is 0 Å². The monoisotopic (exact) mass is 321 g/mol. The number of carbonyl (C=O) groups is 1. The van der Waals surface area contributed by atoms with Crippen molar-refractivity contribution in [1.29, 1.82) is 0 Å². The maximum Gasteiger partial charge on any atom is 0.244 e. The Bertz CT molecular complexity index is 879. The summed E-state index contributed by atoms with van der Waals surface area (Å²) in [4.78, 5) is 15.3. The first-order valence-corrected chi connectivity index (χ1v) is 7.69. The van der Waals surface area contributed by atoms with Crippen molar-refractivity contribution in [2.45, 2.75) is 13.3 Å². The standard InChI is InChI=1S/C19H19N3O2/c1-13-17(16-5-3-4-6-18(16)21-13)12-20-22-19(23)11-14-7-9-15(24-2)10-8-14/h3-10,12,21H,11H2,1-2H3,(H,22,23). The number of hydrogen-bond acceptors (Lipinski definition) is 3. The number of nitrogens with one attached hydrogen (secondary N) is 2. The molecule has 1 heterocycles. The van der Waals surface area contributed by atoms with E-state index in [0.717, 1.165) is 33.5 Å². The Morgan fingerprint density at radius 2 is 1.96 bits per heavy atom. The molecule has 122 valence electrons. The summed E-state index contributed by atoms with van der Waals surface area (Å²) in [6, 6.07) is 15.4. The van der Waals surface area contributed by atoms with Crippen molar-refractivity contribution >= 4 is 23.0 Å². The van der Waals surface area contributed by atoms with E-state index >= 15 is 0 Å². The Morgan fingerprint density at radius 1 is 1.21 bits per heavy atom. The van der Waals surface area contributed by atoms with Crippen molar-refractivity contribution in [1.82, 2.24) is 10.4 Å². The molecule has 0 atom stereocenters. The smallest absolute Gasteiger partial charge is 0.244 e. The fourth-order valence-corrected chi connectivity index (χ4v) is 2.60. The summed E-state index contributed by atoms with van der Waals surface area (Å²) in [5.41, 5.74) is 6.54. The van der Waals surface area contributed by atoms with Gasteiger partial charge in [-0.3, -0.25) is 4.79 Å². The summed E-state index contributed by atoms with van der Waals surface area (Å²) in [5, 5.41) is 5.17. The van der Waals surface area contributed by atoms with Gasteiger partial charge in [-0.05, 0) is 30.7 Å². The van der Waals surface area contributed by atoms with Crippen LogP contribution >= 0.6 is 0 Å². The highest BCUT2D eigenvalue weighted by atomic mass is 16.5. The number of nitrogens with zero attached hydrogens (tertiary/aromatic N) is 1. The molecule has 3 rings (SSSR count). The first-order valence-electron chi connectivity index (χ1n) is 7.69. The number of fused-ring (bicyclic) bond motifs is 1. The van der Waals surface area contributed by atoms with Crippen molar-refractivity contribution in [3.8, 4) is 5.75 Å². The number of H-pyrrole nitrogens is 1. The highest BCUT2D eigenvalue weighted by Crippen LogP contribution is 2.19. The van der Waals surface area contributed by atoms with Crippen LogP contribution < -0.4 is 10.2 Å². The van der Waals surface area contributed by atoms with Gasteiger partial charge in [0, 0.05) is 22.2 Å². The number of amides is 1. The number of ether oxygens (including phenoxy) is 1. The van der Waals surface area contributed by atoms with Crippen molar-refractivity contribution in [2.75, 3.05) is 7.11 Å². The van der Waals surface area contributed by atoms with Crippen molar-refractivity contribution < 1.29 is 9.53 Å². The lowest BCUT2D eigenvalue weighted by Gasteiger charge is -2.02. The van der Waals surface area contributed by atoms with Gasteiger partial charge in [0.25, 0.3) is 0 Å². The molecule has 0 aliphatic rings. The summed E-state index contributed by atoms with van der Waals surface area (Å²) in [7, 11) is 1.61. The highest BCUT2D eigenvalue weighted by molar-refractivity contribution is 6.00. The lowest BCUT2D eigenvalue weighted by Crippen LogP contribution is -2.19. The van der Waals surface area contributed by atoms with Gasteiger partial charge in [0.05, 0.1) is 19.7 Å². The van der Waals surface area contributed by atoms with Gasteiger partial charge in [-0.2, -0.15) is 5.10 Å². The van der Waals surface area contributed by atoms with E-state index in [1.807, 2.05) is 55.5 Å². The first-order chi connectivity index (χ1) is 11.7. The number of para-hydroxylation sites is 1. The molecule has 0 bridgehead atoms. The van der Waals surface area contributed by atoms with E-state index in [0.29, 0.717) is 0 Å². The molecule has 0 spiro atoms. The number of benzene rings is 2. The SMILES string of the molecule is COc1ccc(CC(=O)NN=Cc2c(C)[nH]c3ccccc23)cc1. The number of methoxy groups -OCH3 is 1. The minimum atomic E-state index is -0.158. The molecule has 0 aliphatic heterocycles. The quantitative estimate of drug-likeness (QED) is 0.560. The molecule has 0 fully saturated rings. The number of rotatable bonds is 5. The number of carbonyl (C=O) groups excluding carboxylic acids is 1. The third-order valence-corrected chi connectivity index (χ3v) is 3.85. The molecule has 5 heteroatoms. The minimum absolute atomic E-state index is 0.158. The van der Waals surface area contributed by atoms with Crippen LogP contribution in [-0.2, 0) is 11.2 Å². The molecule has 3 aromatic rings. The van der Waals surface area contributed by atoms with Crippen LogP contribution in [0.1, 0.15) is 16.8 Å². The van der Waals surface area contributed by atoms with Crippen molar-refractivity contribution in [2.24, 2.45) is 5.10 Å². The molecule has 0 aliphatic carbocycles. The van der Waals surface area contributed by atoms with Gasteiger partial charge in [0.1, 0.15) is 5.75 Å². The molecule has 0 radical (unpaired) electrons. The van der Waals surface area contributed by atoms with Gasteiger partial charge in [0.2, 0.25) is 5.91 Å². The summed E-state index contributed by atoms with van der Waals surface area (Å²) >= 11 is 0. The van der Waals surface area contributed by atoms with Crippen LogP contribution in [0.25, 0.3) is 10.9 Å². The van der Waals surface area contributed by atoms with Gasteiger partial charge in [-0.1, -0.05) is 30.3 Å². The maximum absolute atomic E-state index is 12.0. The second-order valence-electron chi connectivity index (χ2n) is 5.53. The largest absolute Gasteiger partial charge is 0.497 e. The molecular weight excluding hydrogens is 302 g/mol. The second kappa shape index (κ2) is 7.00. The van der Waals surface area contributed by atoms with Crippen LogP contribution in [0, 0.1) is 6.92 Å². The normalized spacial score (nSPS) is 11.1. The average Bonchev–Trinajstić information content (AvgIpc) is 2.91. The van der Waals surface area contributed by atoms with Crippen LogP contribution in [0.5, 0.6) is 5.75 Å². The van der Waals surface area contributed by atoms with Crippen molar-refractivity contribution in [3.63, 3.8) is 0 Å². The molecule has 0 saturated carbocycles. The van der Waals surface area contributed by atoms with Gasteiger partial charge in [0.15, 0.2) is 0 Å². The Labute approximate surface area is 140 Å². The van der Waals surface area contributed by atoms with Crippen LogP contribution in [-0.4, -0.2) is 24.2 Å². The number of aromatic amines is 1. The lowest BCUT2D eigenvalue weighted by molar-refractivity contribution is -0.120.